The van der Waals surface area contributed by atoms with Crippen molar-refractivity contribution in [3.8, 4) is 17.1 Å². The van der Waals surface area contributed by atoms with Gasteiger partial charge >= 0.3 is 0 Å². The summed E-state index contributed by atoms with van der Waals surface area (Å²) in [5.41, 5.74) is 1.35. The Kier molecular flexibility index (Phi) is 4.49. The molecule has 0 aliphatic carbocycles. The Hall–Kier alpha value is -2.93. The highest BCUT2D eigenvalue weighted by atomic mass is 16.5. The van der Waals surface area contributed by atoms with E-state index in [2.05, 4.69) is 10.3 Å². The zero-order chi connectivity index (χ0) is 16.1. The summed E-state index contributed by atoms with van der Waals surface area (Å²) < 4.78 is 13.9. The zero-order valence-electron chi connectivity index (χ0n) is 12.6. The highest BCUT2D eigenvalue weighted by Crippen LogP contribution is 2.25. The highest BCUT2D eigenvalue weighted by Gasteiger charge is 2.10. The maximum absolute atomic E-state index is 12.0. The summed E-state index contributed by atoms with van der Waals surface area (Å²) in [5, 5.41) is 7.79. The van der Waals surface area contributed by atoms with Crippen molar-refractivity contribution in [1.82, 2.24) is 19.6 Å². The first kappa shape index (κ1) is 15.0. The standard InChI is InChI=1S/C16H16N4O3/c1-22-10-11-23-15-12-13(19-8-3-2-4-16(19)21)5-6-14(15)20-9-7-17-18-20/h2-9,12H,10-11H2,1H3. The van der Waals surface area contributed by atoms with Gasteiger partial charge in [-0.15, -0.1) is 5.10 Å². The molecular weight excluding hydrogens is 296 g/mol. The maximum atomic E-state index is 12.0. The summed E-state index contributed by atoms with van der Waals surface area (Å²) >= 11 is 0. The number of aromatic nitrogens is 4. The molecule has 0 fully saturated rings. The number of ether oxygens (including phenoxy) is 2. The molecule has 0 aliphatic heterocycles. The predicted octanol–water partition coefficient (Wildman–Crippen LogP) is 1.44. The first-order chi connectivity index (χ1) is 11.3. The van der Waals surface area contributed by atoms with Gasteiger partial charge in [0.25, 0.3) is 5.56 Å². The van der Waals surface area contributed by atoms with Crippen LogP contribution in [0.2, 0.25) is 0 Å². The molecule has 0 unspecified atom stereocenters. The first-order valence-corrected chi connectivity index (χ1v) is 7.10. The van der Waals surface area contributed by atoms with E-state index in [1.165, 1.54) is 6.07 Å². The maximum Gasteiger partial charge on any atom is 0.255 e. The number of rotatable bonds is 6. The quantitative estimate of drug-likeness (QED) is 0.644. The molecular formula is C16H16N4O3. The molecule has 7 nitrogen and oxygen atoms in total. The third kappa shape index (κ3) is 3.29. The predicted molar refractivity (Wildman–Crippen MR) is 84.3 cm³/mol. The normalized spacial score (nSPS) is 10.7. The van der Waals surface area contributed by atoms with Crippen LogP contribution in [-0.4, -0.2) is 39.9 Å². The molecule has 23 heavy (non-hydrogen) atoms. The molecule has 0 saturated carbocycles. The molecule has 2 aromatic heterocycles. The van der Waals surface area contributed by atoms with Gasteiger partial charge in [-0.1, -0.05) is 11.3 Å². The smallest absolute Gasteiger partial charge is 0.255 e. The molecule has 0 N–H and O–H groups in total. The Morgan fingerprint density at radius 3 is 2.78 bits per heavy atom. The van der Waals surface area contributed by atoms with Gasteiger partial charge in [0.05, 0.1) is 24.7 Å². The van der Waals surface area contributed by atoms with Crippen LogP contribution in [0.1, 0.15) is 0 Å². The number of pyridine rings is 1. The summed E-state index contributed by atoms with van der Waals surface area (Å²) in [6, 6.07) is 10.5. The van der Waals surface area contributed by atoms with E-state index in [-0.39, 0.29) is 5.56 Å². The fraction of sp³-hybridized carbons (Fsp3) is 0.188. The van der Waals surface area contributed by atoms with Gasteiger partial charge in [0.2, 0.25) is 0 Å². The van der Waals surface area contributed by atoms with Crippen LogP contribution in [0.5, 0.6) is 5.75 Å². The van der Waals surface area contributed by atoms with Crippen LogP contribution in [-0.2, 0) is 4.74 Å². The number of methoxy groups -OCH3 is 1. The second-order valence-corrected chi connectivity index (χ2v) is 4.75. The van der Waals surface area contributed by atoms with E-state index in [1.807, 2.05) is 12.1 Å². The van der Waals surface area contributed by atoms with E-state index in [0.29, 0.717) is 24.7 Å². The van der Waals surface area contributed by atoms with E-state index in [1.54, 1.807) is 53.1 Å². The Morgan fingerprint density at radius 1 is 1.13 bits per heavy atom. The molecule has 2 heterocycles. The van der Waals surface area contributed by atoms with Gasteiger partial charge < -0.3 is 9.47 Å². The molecule has 0 radical (unpaired) electrons. The Bertz CT molecular complexity index is 827. The zero-order valence-corrected chi connectivity index (χ0v) is 12.6. The van der Waals surface area contributed by atoms with Crippen LogP contribution < -0.4 is 10.3 Å². The topological polar surface area (TPSA) is 71.2 Å². The van der Waals surface area contributed by atoms with E-state index in [4.69, 9.17) is 9.47 Å². The monoisotopic (exact) mass is 312 g/mol. The molecule has 1 aromatic carbocycles. The average molecular weight is 312 g/mol. The Morgan fingerprint density at radius 2 is 2.04 bits per heavy atom. The van der Waals surface area contributed by atoms with Crippen molar-refractivity contribution in [3.05, 3.63) is 65.3 Å². The van der Waals surface area contributed by atoms with Crippen LogP contribution in [0.3, 0.4) is 0 Å². The summed E-state index contributed by atoms with van der Waals surface area (Å²) in [7, 11) is 1.61. The second-order valence-electron chi connectivity index (χ2n) is 4.75. The van der Waals surface area contributed by atoms with Gasteiger partial charge in [0, 0.05) is 25.4 Å². The fourth-order valence-electron chi connectivity index (χ4n) is 2.17. The van der Waals surface area contributed by atoms with E-state index in [0.717, 1.165) is 5.69 Å². The fourth-order valence-corrected chi connectivity index (χ4v) is 2.17. The SMILES string of the molecule is COCCOc1cc(-n2ccccc2=O)ccc1-n1ccnn1. The third-order valence-corrected chi connectivity index (χ3v) is 3.26. The lowest BCUT2D eigenvalue weighted by atomic mass is 10.2. The lowest BCUT2D eigenvalue weighted by Gasteiger charge is -2.13. The van der Waals surface area contributed by atoms with E-state index >= 15 is 0 Å². The summed E-state index contributed by atoms with van der Waals surface area (Å²) in [6.45, 7) is 0.859. The molecule has 0 aliphatic rings. The Labute approximate surface area is 132 Å². The van der Waals surface area contributed by atoms with Gasteiger partial charge in [-0.2, -0.15) is 0 Å². The molecule has 0 bridgehead atoms. The summed E-state index contributed by atoms with van der Waals surface area (Å²) in [4.78, 5) is 12.0. The second kappa shape index (κ2) is 6.89. The average Bonchev–Trinajstić information content (AvgIpc) is 3.10. The van der Waals surface area contributed by atoms with Crippen molar-refractivity contribution in [3.63, 3.8) is 0 Å². The van der Waals surface area contributed by atoms with Crippen molar-refractivity contribution in [2.45, 2.75) is 0 Å². The summed E-state index contributed by atoms with van der Waals surface area (Å²) in [6.07, 6.45) is 5.03. The lowest BCUT2D eigenvalue weighted by Crippen LogP contribution is -2.16. The van der Waals surface area contributed by atoms with Gasteiger partial charge in [-0.25, -0.2) is 4.68 Å². The molecule has 3 aromatic rings. The van der Waals surface area contributed by atoms with Crippen molar-refractivity contribution in [2.75, 3.05) is 20.3 Å². The highest BCUT2D eigenvalue weighted by molar-refractivity contribution is 5.52. The van der Waals surface area contributed by atoms with Crippen LogP contribution in [0.15, 0.2) is 59.8 Å². The number of hydrogen-bond acceptors (Lipinski definition) is 5. The van der Waals surface area contributed by atoms with Gasteiger partial charge in [-0.3, -0.25) is 9.36 Å². The minimum Gasteiger partial charge on any atom is -0.489 e. The van der Waals surface area contributed by atoms with Crippen LogP contribution in [0.25, 0.3) is 11.4 Å². The van der Waals surface area contributed by atoms with Crippen LogP contribution in [0, 0.1) is 0 Å². The van der Waals surface area contributed by atoms with Crippen LogP contribution >= 0.6 is 0 Å². The van der Waals surface area contributed by atoms with Gasteiger partial charge in [-0.05, 0) is 18.2 Å². The van der Waals surface area contributed by atoms with Crippen molar-refractivity contribution >= 4 is 0 Å². The molecule has 0 saturated heterocycles. The minimum atomic E-state index is -0.108. The van der Waals surface area contributed by atoms with Gasteiger partial charge in [0.15, 0.2) is 0 Å². The van der Waals surface area contributed by atoms with Crippen molar-refractivity contribution in [1.29, 1.82) is 0 Å². The van der Waals surface area contributed by atoms with Gasteiger partial charge in [0.1, 0.15) is 18.0 Å². The lowest BCUT2D eigenvalue weighted by molar-refractivity contribution is 0.146. The largest absolute Gasteiger partial charge is 0.489 e. The Balaban J connectivity index is 2.02. The summed E-state index contributed by atoms with van der Waals surface area (Å²) in [5.74, 6) is 0.598. The van der Waals surface area contributed by atoms with Crippen LogP contribution in [0.4, 0.5) is 0 Å². The number of hydrogen-bond donors (Lipinski definition) is 0. The number of benzene rings is 1. The third-order valence-electron chi connectivity index (χ3n) is 3.26. The first-order valence-electron chi connectivity index (χ1n) is 7.10. The number of nitrogens with zero attached hydrogens (tertiary/aromatic N) is 4. The van der Waals surface area contributed by atoms with E-state index < -0.39 is 0 Å². The molecule has 3 rings (SSSR count). The molecule has 0 spiro atoms. The van der Waals surface area contributed by atoms with E-state index in [9.17, 15) is 4.79 Å². The molecule has 7 heteroatoms. The van der Waals surface area contributed by atoms with Crippen molar-refractivity contribution in [2.24, 2.45) is 0 Å². The molecule has 0 atom stereocenters. The molecule has 0 amide bonds. The minimum absolute atomic E-state index is 0.108. The molecule has 118 valence electrons. The van der Waals surface area contributed by atoms with Crippen molar-refractivity contribution < 1.29 is 9.47 Å².